The number of carbonyl (C=O) groups is 1. The summed E-state index contributed by atoms with van der Waals surface area (Å²) in [6.45, 7) is 2.22. The second-order valence-electron chi connectivity index (χ2n) is 4.41. The van der Waals surface area contributed by atoms with Crippen LogP contribution in [-0.2, 0) is 16.0 Å². The number of para-hydroxylation sites is 1. The van der Waals surface area contributed by atoms with Crippen molar-refractivity contribution in [3.63, 3.8) is 0 Å². The van der Waals surface area contributed by atoms with Crippen molar-refractivity contribution in [2.45, 2.75) is 13.3 Å². The van der Waals surface area contributed by atoms with Crippen molar-refractivity contribution < 1.29 is 13.9 Å². The van der Waals surface area contributed by atoms with Crippen LogP contribution in [0.4, 0.5) is 0 Å². The van der Waals surface area contributed by atoms with Crippen molar-refractivity contribution in [2.24, 2.45) is 0 Å². The summed E-state index contributed by atoms with van der Waals surface area (Å²) in [6.07, 6.45) is 0.295. The van der Waals surface area contributed by atoms with Gasteiger partial charge in [-0.1, -0.05) is 24.3 Å². The molecule has 0 aliphatic rings. The maximum atomic E-state index is 11.5. The highest BCUT2D eigenvalue weighted by Crippen LogP contribution is 2.29. The molecule has 2 aromatic carbocycles. The van der Waals surface area contributed by atoms with Crippen molar-refractivity contribution in [1.29, 1.82) is 0 Å². The number of carbonyl (C=O) groups excluding carboxylic acids is 1. The quantitative estimate of drug-likeness (QED) is 0.669. The number of fused-ring (bicyclic) bond motifs is 3. The van der Waals surface area contributed by atoms with Gasteiger partial charge in [0.1, 0.15) is 11.2 Å². The molecule has 3 nitrogen and oxygen atoms in total. The molecule has 0 spiro atoms. The molecule has 0 atom stereocenters. The second-order valence-corrected chi connectivity index (χ2v) is 4.41. The van der Waals surface area contributed by atoms with Crippen LogP contribution >= 0.6 is 0 Å². The predicted molar refractivity (Wildman–Crippen MR) is 74.1 cm³/mol. The lowest BCUT2D eigenvalue weighted by molar-refractivity contribution is -0.142. The van der Waals surface area contributed by atoms with Crippen molar-refractivity contribution in [1.82, 2.24) is 0 Å². The summed E-state index contributed by atoms with van der Waals surface area (Å²) in [7, 11) is 0. The molecule has 3 aromatic rings. The average Bonchev–Trinajstić information content (AvgIpc) is 2.77. The molecule has 96 valence electrons. The number of hydrogen-bond donors (Lipinski definition) is 0. The fraction of sp³-hybridized carbons (Fsp3) is 0.188. The first kappa shape index (κ1) is 11.8. The first-order valence-corrected chi connectivity index (χ1v) is 6.33. The Bertz CT molecular complexity index is 740. The monoisotopic (exact) mass is 254 g/mol. The van der Waals surface area contributed by atoms with E-state index in [1.807, 2.05) is 49.4 Å². The lowest BCUT2D eigenvalue weighted by atomic mass is 10.1. The highest BCUT2D eigenvalue weighted by Gasteiger charge is 2.09. The first-order valence-electron chi connectivity index (χ1n) is 6.33. The van der Waals surface area contributed by atoms with E-state index in [9.17, 15) is 4.79 Å². The Morgan fingerprint density at radius 3 is 2.74 bits per heavy atom. The van der Waals surface area contributed by atoms with Gasteiger partial charge in [0.2, 0.25) is 0 Å². The molecule has 0 bridgehead atoms. The van der Waals surface area contributed by atoms with Crippen LogP contribution in [0.5, 0.6) is 0 Å². The van der Waals surface area contributed by atoms with E-state index in [2.05, 4.69) is 0 Å². The molecule has 0 aliphatic heterocycles. The molecule has 0 saturated carbocycles. The molecule has 1 aromatic heterocycles. The summed E-state index contributed by atoms with van der Waals surface area (Å²) < 4.78 is 10.7. The molecule has 3 heteroatoms. The Labute approximate surface area is 110 Å². The summed E-state index contributed by atoms with van der Waals surface area (Å²) in [5.74, 6) is -0.199. The fourth-order valence-corrected chi connectivity index (χ4v) is 2.26. The summed E-state index contributed by atoms with van der Waals surface area (Å²) >= 11 is 0. The van der Waals surface area contributed by atoms with Crippen LogP contribution in [0.25, 0.3) is 21.9 Å². The lowest BCUT2D eigenvalue weighted by Gasteiger charge is -2.01. The van der Waals surface area contributed by atoms with Crippen LogP contribution in [0, 0.1) is 0 Å². The largest absolute Gasteiger partial charge is 0.466 e. The minimum absolute atomic E-state index is 0.199. The number of rotatable bonds is 3. The van der Waals surface area contributed by atoms with Crippen molar-refractivity contribution >= 4 is 27.9 Å². The molecule has 0 unspecified atom stereocenters. The zero-order valence-electron chi connectivity index (χ0n) is 10.7. The second kappa shape index (κ2) is 4.76. The van der Waals surface area contributed by atoms with E-state index >= 15 is 0 Å². The van der Waals surface area contributed by atoms with E-state index in [4.69, 9.17) is 9.15 Å². The third-order valence-electron chi connectivity index (χ3n) is 3.09. The third-order valence-corrected chi connectivity index (χ3v) is 3.09. The summed E-state index contributed by atoms with van der Waals surface area (Å²) in [5, 5.41) is 2.11. The van der Waals surface area contributed by atoms with Gasteiger partial charge in [-0.2, -0.15) is 0 Å². The molecule has 3 rings (SSSR count). The van der Waals surface area contributed by atoms with Gasteiger partial charge in [-0.05, 0) is 30.7 Å². The maximum absolute atomic E-state index is 11.5. The Morgan fingerprint density at radius 2 is 1.89 bits per heavy atom. The van der Waals surface area contributed by atoms with Gasteiger partial charge in [-0.3, -0.25) is 4.79 Å². The van der Waals surface area contributed by atoms with Gasteiger partial charge in [0.05, 0.1) is 13.0 Å². The van der Waals surface area contributed by atoms with E-state index in [0.29, 0.717) is 13.0 Å². The minimum Gasteiger partial charge on any atom is -0.466 e. The Morgan fingerprint density at radius 1 is 1.11 bits per heavy atom. The van der Waals surface area contributed by atoms with Crippen molar-refractivity contribution in [3.8, 4) is 0 Å². The number of benzene rings is 2. The van der Waals surface area contributed by atoms with Crippen LogP contribution < -0.4 is 0 Å². The molecule has 0 amide bonds. The highest BCUT2D eigenvalue weighted by atomic mass is 16.5. The molecule has 0 saturated heterocycles. The molecule has 1 heterocycles. The van der Waals surface area contributed by atoms with Crippen LogP contribution in [0.3, 0.4) is 0 Å². The summed E-state index contributed by atoms with van der Waals surface area (Å²) in [6, 6.07) is 13.7. The zero-order valence-corrected chi connectivity index (χ0v) is 10.7. The molecular weight excluding hydrogens is 240 g/mol. The van der Waals surface area contributed by atoms with E-state index in [1.165, 1.54) is 0 Å². The molecule has 19 heavy (non-hydrogen) atoms. The number of furan rings is 1. The first-order chi connectivity index (χ1) is 9.28. The lowest BCUT2D eigenvalue weighted by Crippen LogP contribution is -2.07. The molecule has 0 radical (unpaired) electrons. The maximum Gasteiger partial charge on any atom is 0.310 e. The summed E-state index contributed by atoms with van der Waals surface area (Å²) in [5.41, 5.74) is 2.65. The average molecular weight is 254 g/mol. The van der Waals surface area contributed by atoms with Gasteiger partial charge < -0.3 is 9.15 Å². The number of esters is 1. The number of hydrogen-bond acceptors (Lipinski definition) is 3. The minimum atomic E-state index is -0.199. The van der Waals surface area contributed by atoms with Gasteiger partial charge in [0, 0.05) is 10.8 Å². The van der Waals surface area contributed by atoms with Gasteiger partial charge in [-0.15, -0.1) is 0 Å². The standard InChI is InChI=1S/C16H14O3/c1-2-18-16(17)10-11-7-8-15-13(9-11)12-5-3-4-6-14(12)19-15/h3-9H,2,10H2,1H3. The molecule has 0 N–H and O–H groups in total. The SMILES string of the molecule is CCOC(=O)Cc1ccc2oc3ccccc3c2c1. The zero-order chi connectivity index (χ0) is 13.2. The summed E-state index contributed by atoms with van der Waals surface area (Å²) in [4.78, 5) is 11.5. The van der Waals surface area contributed by atoms with Gasteiger partial charge in [-0.25, -0.2) is 0 Å². The van der Waals surface area contributed by atoms with Crippen LogP contribution in [0.2, 0.25) is 0 Å². The van der Waals surface area contributed by atoms with Crippen LogP contribution in [-0.4, -0.2) is 12.6 Å². The normalized spacial score (nSPS) is 11.0. The fourth-order valence-electron chi connectivity index (χ4n) is 2.26. The molecule has 0 fully saturated rings. The predicted octanol–water partition coefficient (Wildman–Crippen LogP) is 3.69. The van der Waals surface area contributed by atoms with Crippen molar-refractivity contribution in [3.05, 3.63) is 48.0 Å². The van der Waals surface area contributed by atoms with E-state index in [-0.39, 0.29) is 5.97 Å². The van der Waals surface area contributed by atoms with Gasteiger partial charge in [0.15, 0.2) is 0 Å². The molecular formula is C16H14O3. The van der Waals surface area contributed by atoms with Crippen LogP contribution in [0.1, 0.15) is 12.5 Å². The topological polar surface area (TPSA) is 39.4 Å². The van der Waals surface area contributed by atoms with Crippen molar-refractivity contribution in [2.75, 3.05) is 6.61 Å². The highest BCUT2D eigenvalue weighted by molar-refractivity contribution is 6.05. The third kappa shape index (κ3) is 2.19. The Kier molecular flexibility index (Phi) is 2.95. The van der Waals surface area contributed by atoms with Gasteiger partial charge in [0.25, 0.3) is 0 Å². The van der Waals surface area contributed by atoms with E-state index in [0.717, 1.165) is 27.5 Å². The number of ether oxygens (including phenoxy) is 1. The molecule has 0 aliphatic carbocycles. The van der Waals surface area contributed by atoms with Gasteiger partial charge >= 0.3 is 5.97 Å². The van der Waals surface area contributed by atoms with E-state index in [1.54, 1.807) is 0 Å². The Hall–Kier alpha value is -2.29. The smallest absolute Gasteiger partial charge is 0.310 e. The Balaban J connectivity index is 2.04. The van der Waals surface area contributed by atoms with Crippen LogP contribution in [0.15, 0.2) is 46.9 Å². The van der Waals surface area contributed by atoms with E-state index < -0.39 is 0 Å².